The van der Waals surface area contributed by atoms with Crippen LogP contribution in [0.3, 0.4) is 0 Å². The molecule has 1 aliphatic heterocycles. The van der Waals surface area contributed by atoms with E-state index in [-0.39, 0.29) is 18.8 Å². The molecule has 0 aliphatic carbocycles. The second kappa shape index (κ2) is 12.6. The van der Waals surface area contributed by atoms with Crippen molar-refractivity contribution in [1.82, 2.24) is 10.2 Å². The lowest BCUT2D eigenvalue weighted by molar-refractivity contribution is -0.140. The van der Waals surface area contributed by atoms with Gasteiger partial charge in [0.15, 0.2) is 10.9 Å². The lowest BCUT2D eigenvalue weighted by Crippen LogP contribution is -2.46. The van der Waals surface area contributed by atoms with Crippen LogP contribution in [0.15, 0.2) is 59.8 Å². The number of Topliss-reactive ketones (excluding diaryl/α,β-unsaturated/α-hetero) is 1. The van der Waals surface area contributed by atoms with E-state index in [1.165, 1.54) is 5.56 Å². The Balaban J connectivity index is 1.81. The van der Waals surface area contributed by atoms with E-state index in [1.807, 2.05) is 62.5 Å². The van der Waals surface area contributed by atoms with Gasteiger partial charge in [-0.15, -0.1) is 0 Å². The van der Waals surface area contributed by atoms with Gasteiger partial charge in [0, 0.05) is 31.8 Å². The van der Waals surface area contributed by atoms with Crippen LogP contribution in [0.5, 0.6) is 0 Å². The first-order valence-electron chi connectivity index (χ1n) is 12.0. The summed E-state index contributed by atoms with van der Waals surface area (Å²) in [5.41, 5.74) is 4.89. The largest absolute Gasteiger partial charge is 0.460 e. The molecule has 0 saturated carbocycles. The molecule has 1 N–H and O–H groups in total. The van der Waals surface area contributed by atoms with Gasteiger partial charge in [0.05, 0.1) is 18.2 Å². The Morgan fingerprint density at radius 2 is 1.83 bits per heavy atom. The van der Waals surface area contributed by atoms with Gasteiger partial charge in [0.2, 0.25) is 0 Å². The van der Waals surface area contributed by atoms with Crippen molar-refractivity contribution in [2.24, 2.45) is 0 Å². The number of benzene rings is 2. The van der Waals surface area contributed by atoms with Crippen molar-refractivity contribution in [2.45, 2.75) is 45.6 Å². The monoisotopic (exact) mass is 494 g/mol. The first kappa shape index (κ1) is 26.6. The van der Waals surface area contributed by atoms with Crippen LogP contribution >= 0.6 is 12.2 Å². The van der Waals surface area contributed by atoms with E-state index in [2.05, 4.69) is 12.2 Å². The molecule has 0 saturated heterocycles. The molecule has 0 amide bonds. The minimum Gasteiger partial charge on any atom is -0.460 e. The maximum atomic E-state index is 13.0. The summed E-state index contributed by atoms with van der Waals surface area (Å²) < 4.78 is 10.4. The first-order valence-corrected chi connectivity index (χ1v) is 12.4. The molecule has 6 nitrogen and oxygen atoms in total. The molecular formula is C28H34N2O4S. The number of carbonyl (C=O) groups excluding carboxylic acids is 2. The highest BCUT2D eigenvalue weighted by Gasteiger charge is 2.33. The number of hydrogen-bond acceptors (Lipinski definition) is 5. The molecule has 35 heavy (non-hydrogen) atoms. The predicted molar refractivity (Wildman–Crippen MR) is 141 cm³/mol. The standard InChI is InChI=1S/C28H34N2O4S/c1-5-6-8-20-11-13-22(14-12-20)24(31)18-21-9-7-10-23(17-21)26-25(27(32)34-16-15-33-4)19(2)30(3)28(35)29-26/h7,9-14,17,26H,5-6,8,15-16,18H2,1-4H3,(H,29,35). The van der Waals surface area contributed by atoms with Crippen LogP contribution in [0, 0.1) is 0 Å². The van der Waals surface area contributed by atoms with E-state index in [0.717, 1.165) is 36.1 Å². The fourth-order valence-corrected chi connectivity index (χ4v) is 4.31. The molecule has 0 bridgehead atoms. The molecule has 186 valence electrons. The topological polar surface area (TPSA) is 67.9 Å². The van der Waals surface area contributed by atoms with Crippen molar-refractivity contribution in [3.8, 4) is 0 Å². The Morgan fingerprint density at radius 1 is 1.09 bits per heavy atom. The zero-order valence-electron chi connectivity index (χ0n) is 20.9. The number of nitrogens with one attached hydrogen (secondary N) is 1. The number of carbonyl (C=O) groups is 2. The fourth-order valence-electron chi connectivity index (χ4n) is 4.05. The van der Waals surface area contributed by atoms with Crippen LogP contribution in [-0.4, -0.2) is 49.1 Å². The van der Waals surface area contributed by atoms with E-state index in [1.54, 1.807) is 12.0 Å². The average Bonchev–Trinajstić information content (AvgIpc) is 2.86. The normalized spacial score (nSPS) is 15.7. The highest BCUT2D eigenvalue weighted by molar-refractivity contribution is 7.80. The number of hydrogen-bond donors (Lipinski definition) is 1. The number of thiocarbonyl (C=S) groups is 1. The number of ketones is 1. The number of methoxy groups -OCH3 is 1. The fraction of sp³-hybridized carbons (Fsp3) is 0.393. The molecule has 2 aromatic carbocycles. The van der Waals surface area contributed by atoms with Gasteiger partial charge in [0.25, 0.3) is 0 Å². The first-order chi connectivity index (χ1) is 16.8. The molecule has 2 aromatic rings. The Morgan fingerprint density at radius 3 is 2.51 bits per heavy atom. The Kier molecular flexibility index (Phi) is 9.57. The summed E-state index contributed by atoms with van der Waals surface area (Å²) >= 11 is 5.49. The molecule has 3 rings (SSSR count). The number of allylic oxidation sites excluding steroid dienone is 1. The van der Waals surface area contributed by atoms with E-state index in [9.17, 15) is 9.59 Å². The van der Waals surface area contributed by atoms with Crippen molar-refractivity contribution in [3.63, 3.8) is 0 Å². The summed E-state index contributed by atoms with van der Waals surface area (Å²) in [4.78, 5) is 27.7. The number of aryl methyl sites for hydroxylation is 1. The van der Waals surface area contributed by atoms with E-state index in [4.69, 9.17) is 21.7 Å². The van der Waals surface area contributed by atoms with Crippen molar-refractivity contribution in [1.29, 1.82) is 0 Å². The summed E-state index contributed by atoms with van der Waals surface area (Å²) in [5, 5.41) is 3.77. The van der Waals surface area contributed by atoms with Gasteiger partial charge in [-0.05, 0) is 48.7 Å². The van der Waals surface area contributed by atoms with Crippen LogP contribution in [0.25, 0.3) is 0 Å². The molecule has 1 aliphatic rings. The molecule has 0 aromatic heterocycles. The van der Waals surface area contributed by atoms with Crippen molar-refractivity contribution >= 4 is 29.1 Å². The summed E-state index contributed by atoms with van der Waals surface area (Å²) in [7, 11) is 3.37. The number of unbranched alkanes of at least 4 members (excludes halogenated alkanes) is 1. The Labute approximate surface area is 213 Å². The van der Waals surface area contributed by atoms with Crippen molar-refractivity contribution in [2.75, 3.05) is 27.4 Å². The number of nitrogens with zero attached hydrogens (tertiary/aromatic N) is 1. The zero-order valence-corrected chi connectivity index (χ0v) is 21.7. The number of ether oxygens (including phenoxy) is 2. The SMILES string of the molecule is CCCCc1ccc(C(=O)Cc2cccc(C3NC(=S)N(C)C(C)=C3C(=O)OCCOC)c2)cc1. The van der Waals surface area contributed by atoms with Crippen LogP contribution in [0.4, 0.5) is 0 Å². The van der Waals surface area contributed by atoms with Crippen LogP contribution in [-0.2, 0) is 27.1 Å². The maximum Gasteiger partial charge on any atom is 0.338 e. The number of esters is 1. The molecular weight excluding hydrogens is 460 g/mol. The van der Waals surface area contributed by atoms with Crippen molar-refractivity contribution in [3.05, 3.63) is 82.1 Å². The minimum atomic E-state index is -0.471. The van der Waals surface area contributed by atoms with E-state index < -0.39 is 12.0 Å². The summed E-state index contributed by atoms with van der Waals surface area (Å²) in [5.74, 6) is -0.363. The molecule has 7 heteroatoms. The Bertz CT molecular complexity index is 1090. The average molecular weight is 495 g/mol. The molecule has 1 heterocycles. The van der Waals surface area contributed by atoms with Gasteiger partial charge in [-0.1, -0.05) is 61.9 Å². The van der Waals surface area contributed by atoms with E-state index in [0.29, 0.717) is 22.9 Å². The van der Waals surface area contributed by atoms with Crippen LogP contribution < -0.4 is 5.32 Å². The van der Waals surface area contributed by atoms with Crippen molar-refractivity contribution < 1.29 is 19.1 Å². The molecule has 0 spiro atoms. The zero-order chi connectivity index (χ0) is 25.4. The summed E-state index contributed by atoms with van der Waals surface area (Å²) in [6.45, 7) is 4.51. The lowest BCUT2D eigenvalue weighted by Gasteiger charge is -2.35. The van der Waals surface area contributed by atoms with Gasteiger partial charge in [-0.2, -0.15) is 0 Å². The van der Waals surface area contributed by atoms with E-state index >= 15 is 0 Å². The molecule has 0 radical (unpaired) electrons. The highest BCUT2D eigenvalue weighted by atomic mass is 32.1. The third-order valence-corrected chi connectivity index (χ3v) is 6.63. The summed E-state index contributed by atoms with van der Waals surface area (Å²) in [6, 6.07) is 15.1. The van der Waals surface area contributed by atoms with Crippen LogP contribution in [0.1, 0.15) is 59.8 Å². The predicted octanol–water partition coefficient (Wildman–Crippen LogP) is 4.78. The second-order valence-corrected chi connectivity index (χ2v) is 9.10. The summed E-state index contributed by atoms with van der Waals surface area (Å²) in [6.07, 6.45) is 3.59. The minimum absolute atomic E-state index is 0.0574. The Hall–Kier alpha value is -3.03. The molecule has 1 atom stereocenters. The van der Waals surface area contributed by atoms with Gasteiger partial charge in [-0.25, -0.2) is 4.79 Å². The van der Waals surface area contributed by atoms with Crippen LogP contribution in [0.2, 0.25) is 0 Å². The quantitative estimate of drug-likeness (QED) is 0.209. The third-order valence-electron chi connectivity index (χ3n) is 6.24. The second-order valence-electron chi connectivity index (χ2n) is 8.71. The highest BCUT2D eigenvalue weighted by Crippen LogP contribution is 2.31. The molecule has 0 fully saturated rings. The third kappa shape index (κ3) is 6.77. The lowest BCUT2D eigenvalue weighted by atomic mass is 9.92. The maximum absolute atomic E-state index is 13.0. The van der Waals surface area contributed by atoms with Gasteiger partial charge in [-0.3, -0.25) is 4.79 Å². The molecule has 1 unspecified atom stereocenters. The van der Waals surface area contributed by atoms with Gasteiger partial charge < -0.3 is 19.7 Å². The number of rotatable bonds is 11. The van der Waals surface area contributed by atoms with Gasteiger partial charge >= 0.3 is 5.97 Å². The smallest absolute Gasteiger partial charge is 0.338 e. The van der Waals surface area contributed by atoms with Gasteiger partial charge in [0.1, 0.15) is 6.61 Å².